The van der Waals surface area contributed by atoms with Gasteiger partial charge in [0.1, 0.15) is 29.4 Å². The standard InChI is InChI=1S/C44H47FN10O5S/c1-28-34(42(58)49-38-26-61-27-47-38)9-10-35(39(28)45)40-36(25-57)41-48-37-11-8-33(24-30(37)14-18-55(41)50-40)52-19-21-53(22-20-52)43(59)29-12-16-51(17-13-29)31-4-6-32(7-5-31)54(15-3-23-56)44(60)46-2/h4-11,23-27,29,48H,3,12-22H2,1-2H3,(H,46,60)(H,49,58). The normalized spacial score (nSPS) is 15.2. The number of piperazine rings is 1. The summed E-state index contributed by atoms with van der Waals surface area (Å²) in [6, 6.07) is 16.7. The molecule has 0 aliphatic carbocycles. The second-order valence-electron chi connectivity index (χ2n) is 15.3. The fraction of sp³-hybridized carbons (Fsp3) is 0.341. The molecule has 3 aliphatic rings. The minimum absolute atomic E-state index is 0.0309. The van der Waals surface area contributed by atoms with Gasteiger partial charge in [-0.25, -0.2) is 18.9 Å². The van der Waals surface area contributed by atoms with E-state index in [-0.39, 0.29) is 52.2 Å². The first-order valence-electron chi connectivity index (χ1n) is 20.4. The fourth-order valence-electron chi connectivity index (χ4n) is 8.45. The zero-order valence-corrected chi connectivity index (χ0v) is 34.8. The molecule has 0 bridgehead atoms. The van der Waals surface area contributed by atoms with Gasteiger partial charge >= 0.3 is 6.03 Å². The van der Waals surface area contributed by atoms with Gasteiger partial charge in [-0.3, -0.25) is 19.3 Å². The number of hydrogen-bond acceptors (Lipinski definition) is 11. The molecule has 3 aliphatic heterocycles. The fourth-order valence-corrected chi connectivity index (χ4v) is 8.93. The third-order valence-electron chi connectivity index (χ3n) is 11.9. The molecule has 2 aromatic heterocycles. The monoisotopic (exact) mass is 846 g/mol. The Bertz CT molecular complexity index is 2440. The molecule has 2 fully saturated rings. The summed E-state index contributed by atoms with van der Waals surface area (Å²) in [4.78, 5) is 74.6. The lowest BCUT2D eigenvalue weighted by Crippen LogP contribution is -2.51. The topological polar surface area (TPSA) is 165 Å². The number of carbonyl (C=O) groups is 5. The van der Waals surface area contributed by atoms with E-state index in [9.17, 15) is 24.0 Å². The number of fused-ring (bicyclic) bond motifs is 2. The maximum absolute atomic E-state index is 15.9. The number of thiazole rings is 1. The smallest absolute Gasteiger partial charge is 0.321 e. The molecule has 61 heavy (non-hydrogen) atoms. The van der Waals surface area contributed by atoms with Crippen molar-refractivity contribution in [3.63, 3.8) is 0 Å². The van der Waals surface area contributed by atoms with Gasteiger partial charge in [0.2, 0.25) is 5.91 Å². The Morgan fingerprint density at radius 2 is 1.69 bits per heavy atom. The quantitative estimate of drug-likeness (QED) is 0.132. The largest absolute Gasteiger partial charge is 0.371 e. The maximum atomic E-state index is 15.9. The molecular weight excluding hydrogens is 800 g/mol. The molecule has 4 amide bonds. The number of amides is 4. The molecular formula is C44H47FN10O5S. The number of halogens is 1. The average molecular weight is 847 g/mol. The molecule has 316 valence electrons. The van der Waals surface area contributed by atoms with Crippen LogP contribution < -0.4 is 30.7 Å². The Kier molecular flexibility index (Phi) is 12.1. The highest BCUT2D eigenvalue weighted by Gasteiger charge is 2.32. The first kappa shape index (κ1) is 41.1. The minimum Gasteiger partial charge on any atom is -0.371 e. The zero-order valence-electron chi connectivity index (χ0n) is 34.0. The maximum Gasteiger partial charge on any atom is 0.321 e. The third kappa shape index (κ3) is 8.42. The van der Waals surface area contributed by atoms with Crippen molar-refractivity contribution >= 4 is 76.1 Å². The summed E-state index contributed by atoms with van der Waals surface area (Å²) in [5.74, 6) is -0.0567. The van der Waals surface area contributed by atoms with Gasteiger partial charge in [0.05, 0.1) is 11.1 Å². The van der Waals surface area contributed by atoms with Gasteiger partial charge in [-0.15, -0.1) is 11.3 Å². The van der Waals surface area contributed by atoms with E-state index < -0.39 is 11.7 Å². The summed E-state index contributed by atoms with van der Waals surface area (Å²) < 4.78 is 17.6. The van der Waals surface area contributed by atoms with Gasteiger partial charge in [-0.05, 0) is 91.9 Å². The number of piperidine rings is 1. The van der Waals surface area contributed by atoms with E-state index in [0.29, 0.717) is 63.6 Å². The van der Waals surface area contributed by atoms with Gasteiger partial charge in [-0.2, -0.15) is 5.10 Å². The molecule has 0 saturated carbocycles. The molecule has 3 N–H and O–H groups in total. The average Bonchev–Trinajstić information content (AvgIpc) is 3.89. The van der Waals surface area contributed by atoms with Crippen molar-refractivity contribution < 1.29 is 28.4 Å². The Morgan fingerprint density at radius 1 is 0.951 bits per heavy atom. The molecule has 0 spiro atoms. The van der Waals surface area contributed by atoms with Crippen LogP contribution in [0.1, 0.15) is 51.1 Å². The van der Waals surface area contributed by atoms with E-state index in [2.05, 4.69) is 36.8 Å². The summed E-state index contributed by atoms with van der Waals surface area (Å²) in [5, 5.41) is 15.1. The van der Waals surface area contributed by atoms with Crippen molar-refractivity contribution in [2.45, 2.75) is 39.2 Å². The van der Waals surface area contributed by atoms with Crippen molar-refractivity contribution in [3.05, 3.63) is 93.6 Å². The first-order valence-corrected chi connectivity index (χ1v) is 21.4. The van der Waals surface area contributed by atoms with Crippen LogP contribution in [-0.2, 0) is 22.6 Å². The molecule has 0 atom stereocenters. The Labute approximate surface area is 356 Å². The number of carbonyl (C=O) groups excluding carboxylic acids is 5. The van der Waals surface area contributed by atoms with Gasteiger partial charge in [0.25, 0.3) is 5.91 Å². The third-order valence-corrected chi connectivity index (χ3v) is 12.4. The molecule has 5 aromatic rings. The highest BCUT2D eigenvalue weighted by Crippen LogP contribution is 2.37. The van der Waals surface area contributed by atoms with Crippen molar-refractivity contribution in [2.24, 2.45) is 5.92 Å². The van der Waals surface area contributed by atoms with Crippen LogP contribution in [0.4, 0.5) is 43.6 Å². The summed E-state index contributed by atoms with van der Waals surface area (Å²) in [6.45, 7) is 6.50. The van der Waals surface area contributed by atoms with Crippen LogP contribution >= 0.6 is 11.3 Å². The lowest BCUT2D eigenvalue weighted by molar-refractivity contribution is -0.136. The van der Waals surface area contributed by atoms with Crippen LogP contribution in [0, 0.1) is 18.7 Å². The van der Waals surface area contributed by atoms with Gasteiger partial charge in [0, 0.05) is 111 Å². The summed E-state index contributed by atoms with van der Waals surface area (Å²) in [5.41, 5.74) is 7.17. The lowest BCUT2D eigenvalue weighted by Gasteiger charge is -2.40. The van der Waals surface area contributed by atoms with E-state index in [4.69, 9.17) is 5.10 Å². The zero-order chi connectivity index (χ0) is 42.6. The number of nitrogens with one attached hydrogen (secondary N) is 3. The van der Waals surface area contributed by atoms with E-state index in [1.54, 1.807) is 27.5 Å². The second kappa shape index (κ2) is 17.9. The summed E-state index contributed by atoms with van der Waals surface area (Å²) in [6.07, 6.45) is 3.89. The van der Waals surface area contributed by atoms with Crippen LogP contribution in [0.5, 0.6) is 0 Å². The van der Waals surface area contributed by atoms with Crippen LogP contribution in [0.2, 0.25) is 0 Å². The van der Waals surface area contributed by atoms with E-state index in [1.165, 1.54) is 30.4 Å². The van der Waals surface area contributed by atoms with Crippen LogP contribution in [0.3, 0.4) is 0 Å². The second-order valence-corrected chi connectivity index (χ2v) is 16.1. The van der Waals surface area contributed by atoms with E-state index in [0.717, 1.165) is 60.5 Å². The van der Waals surface area contributed by atoms with Gasteiger partial charge < -0.3 is 35.4 Å². The lowest BCUT2D eigenvalue weighted by atomic mass is 9.94. The highest BCUT2D eigenvalue weighted by molar-refractivity contribution is 7.07. The Hall–Kier alpha value is -6.62. The SMILES string of the molecule is CNC(=O)N(CCC=O)c1ccc(N2CCC(C(=O)N3CCN(c4ccc5c(c4)CCn4nc(-c6ccc(C(=O)Nc7cscn7)c(C)c6F)c(C=O)c4N5)CC3)CC2)cc1. The number of nitrogens with zero attached hydrogens (tertiary/aromatic N) is 7. The first-order chi connectivity index (χ1) is 29.7. The number of hydrogen-bond donors (Lipinski definition) is 3. The van der Waals surface area contributed by atoms with Crippen LogP contribution in [0.25, 0.3) is 11.3 Å². The number of urea groups is 1. The van der Waals surface area contributed by atoms with Crippen molar-refractivity contribution in [3.8, 4) is 11.3 Å². The van der Waals surface area contributed by atoms with Crippen molar-refractivity contribution in [1.82, 2.24) is 25.0 Å². The molecule has 8 rings (SSSR count). The number of benzene rings is 3. The molecule has 5 heterocycles. The Morgan fingerprint density at radius 3 is 2.38 bits per heavy atom. The minimum atomic E-state index is -0.625. The molecule has 2 saturated heterocycles. The Balaban J connectivity index is 0.866. The highest BCUT2D eigenvalue weighted by atomic mass is 32.1. The molecule has 3 aromatic carbocycles. The van der Waals surface area contributed by atoms with Crippen molar-refractivity contribution in [1.29, 1.82) is 0 Å². The number of aryl methyl sites for hydroxylation is 2. The van der Waals surface area contributed by atoms with Crippen LogP contribution in [0.15, 0.2) is 65.5 Å². The number of rotatable bonds is 11. The predicted octanol–water partition coefficient (Wildman–Crippen LogP) is 6.12. The summed E-state index contributed by atoms with van der Waals surface area (Å²) in [7, 11) is 1.57. The van der Waals surface area contributed by atoms with Crippen LogP contribution in [-0.4, -0.2) is 103 Å². The number of anilines is 6. The summed E-state index contributed by atoms with van der Waals surface area (Å²) >= 11 is 1.34. The number of aromatic nitrogens is 3. The number of aldehydes is 2. The molecule has 15 nitrogen and oxygen atoms in total. The molecule has 17 heteroatoms. The molecule has 0 radical (unpaired) electrons. The van der Waals surface area contributed by atoms with Gasteiger partial charge in [-0.1, -0.05) is 0 Å². The molecule has 0 unspecified atom stereocenters. The van der Waals surface area contributed by atoms with E-state index >= 15 is 4.39 Å². The van der Waals surface area contributed by atoms with Gasteiger partial charge in [0.15, 0.2) is 6.29 Å². The van der Waals surface area contributed by atoms with Crippen molar-refractivity contribution in [2.75, 3.05) is 78.2 Å². The predicted molar refractivity (Wildman–Crippen MR) is 234 cm³/mol. The van der Waals surface area contributed by atoms with E-state index in [1.807, 2.05) is 41.3 Å².